The second kappa shape index (κ2) is 8.14. The molecule has 0 amide bonds. The highest BCUT2D eigenvalue weighted by molar-refractivity contribution is 7.89. The number of imidazole rings is 1. The lowest BCUT2D eigenvalue weighted by Gasteiger charge is -2.23. The Hall–Kier alpha value is -3.04. The minimum Gasteiger partial charge on any atom is -0.341 e. The molecule has 3 unspecified atom stereocenters. The van der Waals surface area contributed by atoms with Crippen LogP contribution in [0, 0.1) is 0 Å². The lowest BCUT2D eigenvalue weighted by atomic mass is 9.83. The molecule has 1 aliphatic rings. The van der Waals surface area contributed by atoms with Gasteiger partial charge in [-0.05, 0) is 35.4 Å². The molecular formula is C24H25N5O2S. The molecule has 164 valence electrons. The van der Waals surface area contributed by atoms with E-state index in [2.05, 4.69) is 28.0 Å². The fourth-order valence-electron chi connectivity index (χ4n) is 4.34. The second-order valence-corrected chi connectivity index (χ2v) is 10.3. The number of aromatic amines is 1. The van der Waals surface area contributed by atoms with Gasteiger partial charge >= 0.3 is 0 Å². The maximum absolute atomic E-state index is 12.7. The molecule has 0 aliphatic carbocycles. The highest BCUT2D eigenvalue weighted by Gasteiger charge is 2.40. The Balaban J connectivity index is 1.58. The van der Waals surface area contributed by atoms with Crippen molar-refractivity contribution in [2.75, 3.05) is 14.1 Å². The Bertz CT molecular complexity index is 1320. The van der Waals surface area contributed by atoms with Gasteiger partial charge in [0, 0.05) is 20.0 Å². The molecule has 32 heavy (non-hydrogen) atoms. The molecule has 1 saturated heterocycles. The molecule has 1 aliphatic heterocycles. The average Bonchev–Trinajstić information content (AvgIpc) is 3.44. The number of hydrogen-bond acceptors (Lipinski definition) is 5. The molecule has 3 atom stereocenters. The summed E-state index contributed by atoms with van der Waals surface area (Å²) in [6, 6.07) is 25.1. The van der Waals surface area contributed by atoms with Crippen molar-refractivity contribution in [3.63, 3.8) is 0 Å². The van der Waals surface area contributed by atoms with Crippen molar-refractivity contribution in [1.29, 1.82) is 0 Å². The fourth-order valence-corrected chi connectivity index (χ4v) is 5.30. The fraction of sp³-hybridized carbons (Fsp3) is 0.208. The molecule has 8 heteroatoms. The molecule has 1 aromatic heterocycles. The van der Waals surface area contributed by atoms with Crippen molar-refractivity contribution in [3.8, 4) is 0 Å². The maximum atomic E-state index is 12.7. The standard InChI is InChI=1S/C24H25N5O2S/c1-29(2)32(30,31)18-12-8-11-17(15-18)22-21(16-9-4-3-5-10-16)23(28-27-22)24-25-19-13-6-7-14-20(19)26-24/h3-15,21-23,27-28H,1-2H3,(H,25,26). The molecule has 7 nitrogen and oxygen atoms in total. The first-order chi connectivity index (χ1) is 15.4. The quantitative estimate of drug-likeness (QED) is 0.436. The zero-order valence-electron chi connectivity index (χ0n) is 17.9. The van der Waals surface area contributed by atoms with Gasteiger partial charge in [-0.2, -0.15) is 0 Å². The Labute approximate surface area is 187 Å². The van der Waals surface area contributed by atoms with E-state index < -0.39 is 10.0 Å². The third kappa shape index (κ3) is 3.61. The van der Waals surface area contributed by atoms with Gasteiger partial charge in [-0.25, -0.2) is 28.6 Å². The van der Waals surface area contributed by atoms with Gasteiger partial charge in [-0.1, -0.05) is 54.6 Å². The number of hydrazine groups is 1. The van der Waals surface area contributed by atoms with Gasteiger partial charge in [0.05, 0.1) is 28.0 Å². The van der Waals surface area contributed by atoms with Gasteiger partial charge in [-0.15, -0.1) is 0 Å². The molecular weight excluding hydrogens is 422 g/mol. The van der Waals surface area contributed by atoms with Crippen LogP contribution < -0.4 is 10.9 Å². The number of para-hydroxylation sites is 2. The van der Waals surface area contributed by atoms with Crippen LogP contribution in [0.4, 0.5) is 0 Å². The predicted octanol–water partition coefficient (Wildman–Crippen LogP) is 3.49. The van der Waals surface area contributed by atoms with Gasteiger partial charge in [-0.3, -0.25) is 0 Å². The van der Waals surface area contributed by atoms with E-state index in [0.29, 0.717) is 0 Å². The SMILES string of the molecule is CN(C)S(=O)(=O)c1cccc(C2NNC(c3nc4ccccc4[nH]3)C2c2ccccc2)c1. The van der Waals surface area contributed by atoms with Crippen LogP contribution in [-0.4, -0.2) is 36.8 Å². The van der Waals surface area contributed by atoms with Crippen molar-refractivity contribution in [2.24, 2.45) is 0 Å². The van der Waals surface area contributed by atoms with Crippen LogP contribution in [0.25, 0.3) is 11.0 Å². The van der Waals surface area contributed by atoms with Crippen LogP contribution in [0.2, 0.25) is 0 Å². The van der Waals surface area contributed by atoms with Crippen LogP contribution in [0.5, 0.6) is 0 Å². The van der Waals surface area contributed by atoms with Gasteiger partial charge in [0.25, 0.3) is 0 Å². The molecule has 4 aromatic rings. The highest BCUT2D eigenvalue weighted by Crippen LogP contribution is 2.44. The molecule has 0 spiro atoms. The number of H-pyrrole nitrogens is 1. The number of hydrogen-bond donors (Lipinski definition) is 3. The van der Waals surface area contributed by atoms with E-state index >= 15 is 0 Å². The Morgan fingerprint density at radius 1 is 0.812 bits per heavy atom. The maximum Gasteiger partial charge on any atom is 0.242 e. The van der Waals surface area contributed by atoms with Crippen molar-refractivity contribution in [2.45, 2.75) is 22.9 Å². The van der Waals surface area contributed by atoms with E-state index in [1.54, 1.807) is 32.3 Å². The molecule has 3 aromatic carbocycles. The Kier molecular flexibility index (Phi) is 5.30. The van der Waals surface area contributed by atoms with Gasteiger partial charge < -0.3 is 4.98 Å². The van der Waals surface area contributed by atoms with Crippen molar-refractivity contribution < 1.29 is 8.42 Å². The summed E-state index contributed by atoms with van der Waals surface area (Å²) in [6.45, 7) is 0. The van der Waals surface area contributed by atoms with E-state index in [1.807, 2.05) is 48.5 Å². The van der Waals surface area contributed by atoms with E-state index in [1.165, 1.54) is 4.31 Å². The minimum atomic E-state index is -3.53. The first-order valence-corrected chi connectivity index (χ1v) is 11.9. The van der Waals surface area contributed by atoms with Gasteiger partial charge in [0.2, 0.25) is 10.0 Å². The van der Waals surface area contributed by atoms with Crippen molar-refractivity contribution >= 4 is 21.1 Å². The topological polar surface area (TPSA) is 90.1 Å². The first-order valence-electron chi connectivity index (χ1n) is 10.5. The summed E-state index contributed by atoms with van der Waals surface area (Å²) in [4.78, 5) is 8.54. The number of benzene rings is 3. The number of nitrogens with zero attached hydrogens (tertiary/aromatic N) is 2. The largest absolute Gasteiger partial charge is 0.341 e. The minimum absolute atomic E-state index is 0.00549. The number of fused-ring (bicyclic) bond motifs is 1. The number of aromatic nitrogens is 2. The van der Waals surface area contributed by atoms with Crippen LogP contribution in [0.1, 0.15) is 35.0 Å². The molecule has 1 fully saturated rings. The zero-order chi connectivity index (χ0) is 22.3. The molecule has 5 rings (SSSR count). The summed E-state index contributed by atoms with van der Waals surface area (Å²) in [5.74, 6) is 0.834. The number of rotatable bonds is 5. The summed E-state index contributed by atoms with van der Waals surface area (Å²) in [5, 5.41) is 0. The van der Waals surface area contributed by atoms with Gasteiger partial charge in [0.1, 0.15) is 5.82 Å². The van der Waals surface area contributed by atoms with E-state index in [-0.39, 0.29) is 22.9 Å². The van der Waals surface area contributed by atoms with Crippen LogP contribution in [0.15, 0.2) is 83.8 Å². The first kappa shape index (κ1) is 20.8. The van der Waals surface area contributed by atoms with Gasteiger partial charge in [0.15, 0.2) is 0 Å². The summed E-state index contributed by atoms with van der Waals surface area (Å²) < 4.78 is 26.7. The van der Waals surface area contributed by atoms with E-state index in [4.69, 9.17) is 4.98 Å². The van der Waals surface area contributed by atoms with Crippen LogP contribution in [-0.2, 0) is 10.0 Å². The lowest BCUT2D eigenvalue weighted by molar-refractivity contribution is 0.519. The Morgan fingerprint density at radius 3 is 2.25 bits per heavy atom. The smallest absolute Gasteiger partial charge is 0.242 e. The second-order valence-electron chi connectivity index (χ2n) is 8.18. The zero-order valence-corrected chi connectivity index (χ0v) is 18.7. The normalized spacial score (nSPS) is 21.4. The monoisotopic (exact) mass is 447 g/mol. The van der Waals surface area contributed by atoms with Crippen molar-refractivity contribution in [3.05, 3.63) is 95.8 Å². The lowest BCUT2D eigenvalue weighted by Crippen LogP contribution is -2.27. The summed E-state index contributed by atoms with van der Waals surface area (Å²) >= 11 is 0. The Morgan fingerprint density at radius 2 is 1.50 bits per heavy atom. The summed E-state index contributed by atoms with van der Waals surface area (Å²) in [6.07, 6.45) is 0. The summed E-state index contributed by atoms with van der Waals surface area (Å²) in [7, 11) is -0.441. The molecule has 0 saturated carbocycles. The molecule has 0 bridgehead atoms. The summed E-state index contributed by atoms with van der Waals surface area (Å²) in [5.41, 5.74) is 10.7. The third-order valence-corrected chi connectivity index (χ3v) is 7.81. The van der Waals surface area contributed by atoms with E-state index in [0.717, 1.165) is 28.0 Å². The number of sulfonamides is 1. The van der Waals surface area contributed by atoms with E-state index in [9.17, 15) is 8.42 Å². The number of nitrogens with one attached hydrogen (secondary N) is 3. The van der Waals surface area contributed by atoms with Crippen LogP contribution >= 0.6 is 0 Å². The molecule has 0 radical (unpaired) electrons. The van der Waals surface area contributed by atoms with Crippen molar-refractivity contribution in [1.82, 2.24) is 25.1 Å². The van der Waals surface area contributed by atoms with Crippen LogP contribution in [0.3, 0.4) is 0 Å². The molecule has 3 N–H and O–H groups in total. The third-order valence-electron chi connectivity index (χ3n) is 6.00. The average molecular weight is 448 g/mol. The highest BCUT2D eigenvalue weighted by atomic mass is 32.2. The predicted molar refractivity (Wildman–Crippen MR) is 124 cm³/mol. The molecule has 2 heterocycles.